The largest absolute Gasteiger partial charge is 0.456 e. The van der Waals surface area contributed by atoms with E-state index in [1.807, 2.05) is 29.5 Å². The van der Waals surface area contributed by atoms with Gasteiger partial charge in [0.25, 0.3) is 0 Å². The van der Waals surface area contributed by atoms with Crippen molar-refractivity contribution in [1.29, 1.82) is 0 Å². The second-order valence-corrected chi connectivity index (χ2v) is 30.9. The Morgan fingerprint density at radius 2 is 0.569 bits per heavy atom. The van der Waals surface area contributed by atoms with Gasteiger partial charge in [-0.3, -0.25) is 0 Å². The van der Waals surface area contributed by atoms with Crippen LogP contribution in [-0.4, -0.2) is 9.13 Å². The van der Waals surface area contributed by atoms with E-state index in [2.05, 4.69) is 443 Å². The molecular formula is C112H82N2OS. The fourth-order valence-corrected chi connectivity index (χ4v) is 18.7. The molecule has 0 atom stereocenters. The molecule has 4 aromatic heterocycles. The first kappa shape index (κ1) is 71.9. The van der Waals surface area contributed by atoms with Gasteiger partial charge in [0.2, 0.25) is 0 Å². The van der Waals surface area contributed by atoms with Crippen molar-refractivity contribution in [3.63, 3.8) is 0 Å². The van der Waals surface area contributed by atoms with Crippen LogP contribution in [0, 0.1) is 27.7 Å². The predicted octanol–water partition coefficient (Wildman–Crippen LogP) is 31.8. The lowest BCUT2D eigenvalue weighted by Crippen LogP contribution is -1.93. The fraction of sp³-hybridized carbons (Fsp3) is 0.0357. The van der Waals surface area contributed by atoms with Gasteiger partial charge in [-0.2, -0.15) is 0 Å². The molecule has 0 unspecified atom stereocenters. The molecule has 4 heteroatoms. The standard InChI is InChI=1S/2C31H23N.C25H18O.C25H18S/c1-22-12-10-18-25(30(22)23-13-4-2-5-14-23)26-19-11-21-29-31(26)27-17-8-9-20-28(27)32(29)24-15-6-3-7-16-24;1-22-12-5-6-15-24(22)25-16-7-8-17-26(25)27-19-11-21-30-31(27)28-18-9-10-20-29(28)32(30)23-13-3-2-4-14-23;1-17-16-19(14-15-20(17)18-8-3-2-4-9-18)21-11-7-13-24-25(21)22-10-5-6-12-23(22)26-24;1-17-9-7-13-19(24(17)18-10-3-2-4-11-18)20-14-8-16-23-25(20)21-12-5-6-15-22(21)26-23/h2*2-21H,1H3;2*2-16H,1H3. The summed E-state index contributed by atoms with van der Waals surface area (Å²) in [5.74, 6) is 0. The van der Waals surface area contributed by atoms with E-state index in [0.29, 0.717) is 0 Å². The summed E-state index contributed by atoms with van der Waals surface area (Å²) in [6, 6.07) is 152. The quantitative estimate of drug-likeness (QED) is 0.134. The Morgan fingerprint density at radius 3 is 1.13 bits per heavy atom. The highest BCUT2D eigenvalue weighted by Gasteiger charge is 2.23. The fourth-order valence-electron chi connectivity index (χ4n) is 17.6. The number of fused-ring (bicyclic) bond motifs is 12. The van der Waals surface area contributed by atoms with Crippen LogP contribution < -0.4 is 0 Å². The van der Waals surface area contributed by atoms with E-state index >= 15 is 0 Å². The number of para-hydroxylation sites is 5. The molecule has 4 heterocycles. The van der Waals surface area contributed by atoms with Gasteiger partial charge < -0.3 is 13.6 Å². The zero-order valence-electron chi connectivity index (χ0n) is 65.1. The molecule has 0 aliphatic rings. The number of aromatic nitrogens is 2. The summed E-state index contributed by atoms with van der Waals surface area (Å²) in [5, 5.41) is 10.2. The monoisotopic (exact) mass is 1500 g/mol. The zero-order chi connectivity index (χ0) is 78.0. The highest BCUT2D eigenvalue weighted by Crippen LogP contribution is 2.48. The van der Waals surface area contributed by atoms with Crippen LogP contribution >= 0.6 is 11.3 Å². The molecule has 3 nitrogen and oxygen atoms in total. The Hall–Kier alpha value is -14.4. The SMILES string of the molecule is Cc1cc(-c2cccc3oc4ccccc4c23)ccc1-c1ccccc1.Cc1cccc(-c2cccc3c2c2ccccc2n3-c2ccccc2)c1-c1ccccc1.Cc1cccc(-c2cccc3sc4ccccc4c23)c1-c1ccccc1.Cc1ccccc1-c1ccccc1-c1cccc2c1c1ccccc1n2-c1ccccc1. The van der Waals surface area contributed by atoms with Gasteiger partial charge in [-0.15, -0.1) is 11.3 Å². The van der Waals surface area contributed by atoms with Crippen LogP contribution in [0.4, 0.5) is 0 Å². The Balaban J connectivity index is 0.000000104. The molecular weight excluding hydrogens is 1420 g/mol. The predicted molar refractivity (Wildman–Crippen MR) is 497 cm³/mol. The van der Waals surface area contributed by atoms with E-state index in [-0.39, 0.29) is 0 Å². The number of thiophene rings is 1. The molecule has 0 spiro atoms. The zero-order valence-corrected chi connectivity index (χ0v) is 65.9. The van der Waals surface area contributed by atoms with Crippen molar-refractivity contribution in [2.45, 2.75) is 27.7 Å². The molecule has 0 N–H and O–H groups in total. The van der Waals surface area contributed by atoms with Gasteiger partial charge in [-0.1, -0.05) is 352 Å². The lowest BCUT2D eigenvalue weighted by Gasteiger charge is -2.15. The van der Waals surface area contributed by atoms with Crippen molar-refractivity contribution >= 4 is 97.1 Å². The molecule has 0 amide bonds. The van der Waals surface area contributed by atoms with Crippen molar-refractivity contribution < 1.29 is 4.42 Å². The summed E-state index contributed by atoms with van der Waals surface area (Å²) in [5.41, 5.74) is 34.7. The minimum Gasteiger partial charge on any atom is -0.456 e. The van der Waals surface area contributed by atoms with E-state index in [1.165, 1.54) is 197 Å². The highest BCUT2D eigenvalue weighted by molar-refractivity contribution is 7.26. The van der Waals surface area contributed by atoms with Crippen molar-refractivity contribution in [1.82, 2.24) is 9.13 Å². The van der Waals surface area contributed by atoms with Crippen molar-refractivity contribution in [2.75, 3.05) is 0 Å². The molecule has 0 saturated heterocycles. The van der Waals surface area contributed by atoms with E-state index in [1.54, 1.807) is 0 Å². The minimum absolute atomic E-state index is 0.938. The third kappa shape index (κ3) is 13.4. The number of hydrogen-bond donors (Lipinski definition) is 0. The first-order valence-electron chi connectivity index (χ1n) is 39.9. The summed E-state index contributed by atoms with van der Waals surface area (Å²) in [6.45, 7) is 8.78. The van der Waals surface area contributed by atoms with Gasteiger partial charge in [-0.25, -0.2) is 0 Å². The molecule has 0 aliphatic carbocycles. The van der Waals surface area contributed by atoms with E-state index in [0.717, 1.165) is 11.2 Å². The van der Waals surface area contributed by atoms with Crippen LogP contribution in [-0.2, 0) is 0 Å². The Bertz CT molecular complexity index is 7350. The van der Waals surface area contributed by atoms with Gasteiger partial charge in [0.15, 0.2) is 0 Å². The van der Waals surface area contributed by atoms with Crippen molar-refractivity contribution in [3.05, 3.63) is 447 Å². The molecule has 0 radical (unpaired) electrons. The van der Waals surface area contributed by atoms with E-state index in [9.17, 15) is 0 Å². The summed E-state index contributed by atoms with van der Waals surface area (Å²) in [7, 11) is 0. The second-order valence-electron chi connectivity index (χ2n) is 29.8. The van der Waals surface area contributed by atoms with Crippen LogP contribution in [0.1, 0.15) is 22.3 Å². The van der Waals surface area contributed by atoms with Gasteiger partial charge in [0.1, 0.15) is 11.2 Å². The molecule has 552 valence electrons. The van der Waals surface area contributed by atoms with Crippen LogP contribution in [0.15, 0.2) is 429 Å². The smallest absolute Gasteiger partial charge is 0.136 e. The maximum absolute atomic E-state index is 6.04. The Labute approximate surface area is 680 Å². The molecule has 22 rings (SSSR count). The summed E-state index contributed by atoms with van der Waals surface area (Å²) >= 11 is 1.88. The van der Waals surface area contributed by atoms with Crippen LogP contribution in [0.2, 0.25) is 0 Å². The second kappa shape index (κ2) is 31.6. The number of aryl methyl sites for hydroxylation is 4. The van der Waals surface area contributed by atoms with Crippen molar-refractivity contribution in [3.8, 4) is 100 Å². The third-order valence-corrected chi connectivity index (χ3v) is 23.9. The number of furan rings is 1. The molecule has 22 aromatic rings. The van der Waals surface area contributed by atoms with Gasteiger partial charge >= 0.3 is 0 Å². The topological polar surface area (TPSA) is 23.0 Å². The van der Waals surface area contributed by atoms with Crippen LogP contribution in [0.5, 0.6) is 0 Å². The normalized spacial score (nSPS) is 11.3. The van der Waals surface area contributed by atoms with E-state index < -0.39 is 0 Å². The summed E-state index contributed by atoms with van der Waals surface area (Å²) in [4.78, 5) is 0. The van der Waals surface area contributed by atoms with Gasteiger partial charge in [0, 0.05) is 63.9 Å². The number of nitrogens with zero attached hydrogens (tertiary/aromatic N) is 2. The highest BCUT2D eigenvalue weighted by atomic mass is 32.1. The van der Waals surface area contributed by atoms with Crippen LogP contribution in [0.3, 0.4) is 0 Å². The molecule has 0 fully saturated rings. The molecule has 116 heavy (non-hydrogen) atoms. The molecule has 0 saturated carbocycles. The van der Waals surface area contributed by atoms with Crippen LogP contribution in [0.25, 0.3) is 186 Å². The first-order valence-corrected chi connectivity index (χ1v) is 40.7. The number of benzene rings is 18. The maximum Gasteiger partial charge on any atom is 0.136 e. The lowest BCUT2D eigenvalue weighted by atomic mass is 9.89. The molecule has 0 bridgehead atoms. The first-order chi connectivity index (χ1) is 57.3. The number of rotatable bonds is 10. The Morgan fingerprint density at radius 1 is 0.198 bits per heavy atom. The summed E-state index contributed by atoms with van der Waals surface area (Å²) in [6.07, 6.45) is 0. The third-order valence-electron chi connectivity index (χ3n) is 22.8. The van der Waals surface area contributed by atoms with Gasteiger partial charge in [0.05, 0.1) is 22.1 Å². The lowest BCUT2D eigenvalue weighted by molar-refractivity contribution is 0.669. The summed E-state index contributed by atoms with van der Waals surface area (Å²) < 4.78 is 13.5. The Kier molecular flexibility index (Phi) is 19.6. The average molecular weight is 1500 g/mol. The van der Waals surface area contributed by atoms with E-state index in [4.69, 9.17) is 4.42 Å². The number of hydrogen-bond acceptors (Lipinski definition) is 2. The average Bonchev–Trinajstić information content (AvgIpc) is 1.54. The van der Waals surface area contributed by atoms with Gasteiger partial charge in [-0.05, 0) is 212 Å². The molecule has 18 aromatic carbocycles. The molecule has 0 aliphatic heterocycles. The minimum atomic E-state index is 0.938. The maximum atomic E-state index is 6.04. The van der Waals surface area contributed by atoms with Crippen molar-refractivity contribution in [2.24, 2.45) is 0 Å².